The summed E-state index contributed by atoms with van der Waals surface area (Å²) in [4.78, 5) is 26.4. The van der Waals surface area contributed by atoms with Crippen LogP contribution in [0.3, 0.4) is 0 Å². The molecule has 0 aromatic heterocycles. The fraction of sp³-hybridized carbons (Fsp3) is 0. The Kier molecular flexibility index (Phi) is 5.66. The van der Waals surface area contributed by atoms with Gasteiger partial charge in [-0.3, -0.25) is 25.2 Å². The molecule has 0 aliphatic carbocycles. The lowest BCUT2D eigenvalue weighted by molar-refractivity contribution is -0.385. The lowest BCUT2D eigenvalue weighted by Crippen LogP contribution is -1.91. The largest absolute Gasteiger partial charge is 0.502 e. The molecule has 140 valence electrons. The van der Waals surface area contributed by atoms with Crippen molar-refractivity contribution in [3.63, 3.8) is 0 Å². The second-order valence-electron chi connectivity index (χ2n) is 5.58. The number of benzene rings is 3. The predicted octanol–water partition coefficient (Wildman–Crippen LogP) is 5.11. The third-order valence-corrected chi connectivity index (χ3v) is 4.73. The number of phenols is 1. The quantitative estimate of drug-likeness (QED) is 0.352. The Hall–Kier alpha value is -3.72. The maximum absolute atomic E-state index is 10.9. The van der Waals surface area contributed by atoms with E-state index in [0.29, 0.717) is 5.69 Å². The van der Waals surface area contributed by atoms with Crippen LogP contribution in [0.25, 0.3) is 0 Å². The molecule has 0 saturated heterocycles. The van der Waals surface area contributed by atoms with E-state index in [2.05, 4.69) is 4.99 Å². The van der Waals surface area contributed by atoms with Crippen molar-refractivity contribution in [1.82, 2.24) is 0 Å². The molecular weight excluding hydrogens is 382 g/mol. The van der Waals surface area contributed by atoms with Gasteiger partial charge < -0.3 is 5.11 Å². The standard InChI is InChI=1S/C19H13N3O5S/c23-19-13(2-1-3-18(19)22(26)27)12-20-14-4-8-16(9-5-14)28-17-10-6-15(7-11-17)21(24)25/h1-12,23H. The van der Waals surface area contributed by atoms with Crippen LogP contribution in [0.15, 0.2) is 81.5 Å². The minimum atomic E-state index is -0.656. The maximum atomic E-state index is 10.9. The normalized spacial score (nSPS) is 10.9. The highest BCUT2D eigenvalue weighted by molar-refractivity contribution is 7.99. The summed E-state index contributed by atoms with van der Waals surface area (Å²) in [7, 11) is 0. The summed E-state index contributed by atoms with van der Waals surface area (Å²) in [5.41, 5.74) is 0.523. The number of hydrogen-bond acceptors (Lipinski definition) is 7. The number of hydrogen-bond donors (Lipinski definition) is 1. The molecule has 0 unspecified atom stereocenters. The van der Waals surface area contributed by atoms with E-state index < -0.39 is 15.6 Å². The number of nitro groups is 2. The summed E-state index contributed by atoms with van der Waals surface area (Å²) in [6.45, 7) is 0. The Morgan fingerprint density at radius 1 is 0.857 bits per heavy atom. The van der Waals surface area contributed by atoms with Crippen molar-refractivity contribution in [1.29, 1.82) is 0 Å². The molecule has 0 amide bonds. The van der Waals surface area contributed by atoms with Crippen LogP contribution in [-0.4, -0.2) is 21.2 Å². The lowest BCUT2D eigenvalue weighted by Gasteiger charge is -2.02. The minimum absolute atomic E-state index is 0.0402. The van der Waals surface area contributed by atoms with Crippen molar-refractivity contribution < 1.29 is 15.0 Å². The SMILES string of the molecule is O=[N+]([O-])c1ccc(Sc2ccc(N=Cc3cccc([N+](=O)[O-])c3O)cc2)cc1. The van der Waals surface area contributed by atoms with Crippen molar-refractivity contribution in [3.8, 4) is 5.75 Å². The number of non-ortho nitro benzene ring substituents is 1. The molecule has 0 atom stereocenters. The zero-order chi connectivity index (χ0) is 20.1. The van der Waals surface area contributed by atoms with E-state index in [4.69, 9.17) is 0 Å². The van der Waals surface area contributed by atoms with Crippen LogP contribution in [-0.2, 0) is 0 Å². The number of phenolic OH excluding ortho intramolecular Hbond substituents is 1. The molecule has 0 fully saturated rings. The molecular formula is C19H13N3O5S. The minimum Gasteiger partial charge on any atom is -0.502 e. The summed E-state index contributed by atoms with van der Waals surface area (Å²) < 4.78 is 0. The topological polar surface area (TPSA) is 119 Å². The first-order chi connectivity index (χ1) is 13.4. The molecule has 1 N–H and O–H groups in total. The van der Waals surface area contributed by atoms with Gasteiger partial charge >= 0.3 is 5.69 Å². The summed E-state index contributed by atoms with van der Waals surface area (Å²) in [5.74, 6) is -0.429. The van der Waals surface area contributed by atoms with Gasteiger partial charge in [0.05, 0.1) is 15.5 Å². The fourth-order valence-electron chi connectivity index (χ4n) is 2.32. The second kappa shape index (κ2) is 8.31. The van der Waals surface area contributed by atoms with Gasteiger partial charge in [-0.2, -0.15) is 0 Å². The van der Waals surface area contributed by atoms with E-state index in [9.17, 15) is 25.3 Å². The Bertz CT molecular complexity index is 1050. The predicted molar refractivity (Wildman–Crippen MR) is 106 cm³/mol. The van der Waals surface area contributed by atoms with E-state index in [1.54, 1.807) is 24.3 Å². The van der Waals surface area contributed by atoms with E-state index in [0.717, 1.165) is 9.79 Å². The summed E-state index contributed by atoms with van der Waals surface area (Å²) in [6.07, 6.45) is 1.36. The molecule has 3 aromatic rings. The first-order valence-electron chi connectivity index (χ1n) is 7.97. The van der Waals surface area contributed by atoms with E-state index in [1.807, 2.05) is 12.1 Å². The lowest BCUT2D eigenvalue weighted by atomic mass is 10.2. The van der Waals surface area contributed by atoms with Crippen molar-refractivity contribution >= 4 is 35.0 Å². The summed E-state index contributed by atoms with van der Waals surface area (Å²) in [5, 5.41) is 31.5. The smallest absolute Gasteiger partial charge is 0.311 e. The van der Waals surface area contributed by atoms with Crippen LogP contribution >= 0.6 is 11.8 Å². The highest BCUT2D eigenvalue weighted by atomic mass is 32.2. The van der Waals surface area contributed by atoms with E-state index in [1.165, 1.54) is 48.3 Å². The van der Waals surface area contributed by atoms with Gasteiger partial charge in [0.1, 0.15) is 0 Å². The molecule has 0 saturated carbocycles. The van der Waals surface area contributed by atoms with Crippen molar-refractivity contribution in [2.45, 2.75) is 9.79 Å². The van der Waals surface area contributed by atoms with Crippen LogP contribution in [0.1, 0.15) is 5.56 Å². The van der Waals surface area contributed by atoms with Crippen LogP contribution in [0.2, 0.25) is 0 Å². The van der Waals surface area contributed by atoms with Gasteiger partial charge in [-0.25, -0.2) is 0 Å². The Labute approximate surface area is 163 Å². The second-order valence-corrected chi connectivity index (χ2v) is 6.72. The molecule has 0 aliphatic rings. The van der Waals surface area contributed by atoms with Gasteiger partial charge in [-0.15, -0.1) is 0 Å². The first-order valence-corrected chi connectivity index (χ1v) is 8.78. The number of nitro benzene ring substituents is 2. The number of aliphatic imine (C=N–C) groups is 1. The van der Waals surface area contributed by atoms with E-state index >= 15 is 0 Å². The summed E-state index contributed by atoms with van der Waals surface area (Å²) in [6, 6.07) is 17.7. The maximum Gasteiger partial charge on any atom is 0.311 e. The van der Waals surface area contributed by atoms with Crippen LogP contribution in [0.5, 0.6) is 5.75 Å². The highest BCUT2D eigenvalue weighted by Crippen LogP contribution is 2.31. The summed E-state index contributed by atoms with van der Waals surface area (Å²) >= 11 is 1.45. The van der Waals surface area contributed by atoms with Crippen LogP contribution in [0.4, 0.5) is 17.1 Å². The fourth-order valence-corrected chi connectivity index (χ4v) is 3.13. The number of para-hydroxylation sites is 1. The van der Waals surface area contributed by atoms with Gasteiger partial charge in [-0.05, 0) is 42.5 Å². The molecule has 9 heteroatoms. The zero-order valence-corrected chi connectivity index (χ0v) is 15.1. The van der Waals surface area contributed by atoms with Gasteiger partial charge in [-0.1, -0.05) is 17.8 Å². The first kappa shape index (κ1) is 19.1. The molecule has 0 bridgehead atoms. The number of nitrogens with zero attached hydrogens (tertiary/aromatic N) is 3. The average molecular weight is 395 g/mol. The van der Waals surface area contributed by atoms with Gasteiger partial charge in [0.15, 0.2) is 0 Å². The van der Waals surface area contributed by atoms with Gasteiger partial charge in [0.25, 0.3) is 5.69 Å². The Morgan fingerprint density at radius 3 is 2.04 bits per heavy atom. The van der Waals surface area contributed by atoms with Crippen molar-refractivity contribution in [2.24, 2.45) is 4.99 Å². The Morgan fingerprint density at radius 2 is 1.46 bits per heavy atom. The van der Waals surface area contributed by atoms with Crippen molar-refractivity contribution in [3.05, 3.63) is 92.5 Å². The van der Waals surface area contributed by atoms with Gasteiger partial charge in [0, 0.05) is 39.8 Å². The molecule has 0 spiro atoms. The molecule has 0 heterocycles. The molecule has 3 aromatic carbocycles. The third-order valence-electron chi connectivity index (χ3n) is 3.72. The monoisotopic (exact) mass is 395 g/mol. The molecule has 3 rings (SSSR count). The number of rotatable bonds is 6. The molecule has 0 aliphatic heterocycles. The molecule has 0 radical (unpaired) electrons. The van der Waals surface area contributed by atoms with Gasteiger partial charge in [0.2, 0.25) is 5.75 Å². The van der Waals surface area contributed by atoms with Crippen LogP contribution < -0.4 is 0 Å². The molecule has 28 heavy (non-hydrogen) atoms. The number of aromatic hydroxyl groups is 1. The third kappa shape index (κ3) is 4.51. The zero-order valence-electron chi connectivity index (χ0n) is 14.3. The average Bonchev–Trinajstić information content (AvgIpc) is 2.68. The molecule has 8 nitrogen and oxygen atoms in total. The highest BCUT2D eigenvalue weighted by Gasteiger charge is 2.15. The Balaban J connectivity index is 1.71. The van der Waals surface area contributed by atoms with Crippen molar-refractivity contribution in [2.75, 3.05) is 0 Å². The van der Waals surface area contributed by atoms with Crippen LogP contribution in [0, 0.1) is 20.2 Å². The van der Waals surface area contributed by atoms with E-state index in [-0.39, 0.29) is 16.9 Å².